The van der Waals surface area contributed by atoms with Crippen molar-refractivity contribution in [3.8, 4) is 0 Å². The molecule has 0 amide bonds. The van der Waals surface area contributed by atoms with Crippen molar-refractivity contribution in [2.75, 3.05) is 32.8 Å². The van der Waals surface area contributed by atoms with E-state index in [0.29, 0.717) is 32.3 Å². The maximum absolute atomic E-state index is 13.4. The van der Waals surface area contributed by atoms with Crippen LogP contribution in [0.2, 0.25) is 0 Å². The van der Waals surface area contributed by atoms with Gasteiger partial charge in [-0.25, -0.2) is 8.78 Å². The predicted molar refractivity (Wildman–Crippen MR) is 68.9 cm³/mol. The number of guanidine groups is 1. The van der Waals surface area contributed by atoms with Crippen molar-refractivity contribution in [2.24, 2.45) is 10.7 Å². The minimum Gasteiger partial charge on any atom is -0.378 e. The molecule has 1 heterocycles. The monoisotopic (exact) mass is 269 g/mol. The van der Waals surface area contributed by atoms with E-state index in [2.05, 4.69) is 4.99 Å². The van der Waals surface area contributed by atoms with Crippen molar-refractivity contribution < 1.29 is 13.5 Å². The van der Waals surface area contributed by atoms with Gasteiger partial charge in [0.1, 0.15) is 11.6 Å². The van der Waals surface area contributed by atoms with Crippen LogP contribution in [0.4, 0.5) is 8.78 Å². The van der Waals surface area contributed by atoms with Gasteiger partial charge in [-0.05, 0) is 18.6 Å². The van der Waals surface area contributed by atoms with Crippen molar-refractivity contribution in [1.29, 1.82) is 0 Å². The largest absolute Gasteiger partial charge is 0.378 e. The molecule has 2 rings (SSSR count). The zero-order valence-corrected chi connectivity index (χ0v) is 10.6. The summed E-state index contributed by atoms with van der Waals surface area (Å²) in [6.07, 6.45) is 0.198. The van der Waals surface area contributed by atoms with E-state index in [0.717, 1.165) is 0 Å². The maximum Gasteiger partial charge on any atom is 0.191 e. The SMILES string of the molecule is NC(=NCCc1c(F)cccc1F)N1CCOCC1. The number of nitrogens with two attached hydrogens (primary N) is 1. The molecule has 0 radical (unpaired) electrons. The van der Waals surface area contributed by atoms with Gasteiger partial charge in [-0.3, -0.25) is 4.99 Å². The summed E-state index contributed by atoms with van der Waals surface area (Å²) in [5.74, 6) is -0.680. The molecule has 19 heavy (non-hydrogen) atoms. The predicted octanol–water partition coefficient (Wildman–Crippen LogP) is 1.15. The highest BCUT2D eigenvalue weighted by atomic mass is 19.1. The smallest absolute Gasteiger partial charge is 0.191 e. The lowest BCUT2D eigenvalue weighted by Gasteiger charge is -2.27. The Balaban J connectivity index is 1.91. The average Bonchev–Trinajstić information content (AvgIpc) is 2.43. The highest BCUT2D eigenvalue weighted by Gasteiger charge is 2.12. The quantitative estimate of drug-likeness (QED) is 0.661. The number of nitrogens with zero attached hydrogens (tertiary/aromatic N) is 2. The molecule has 0 aliphatic carbocycles. The lowest BCUT2D eigenvalue weighted by Crippen LogP contribution is -2.44. The van der Waals surface area contributed by atoms with Gasteiger partial charge in [0, 0.05) is 25.2 Å². The molecule has 1 aromatic rings. The van der Waals surface area contributed by atoms with E-state index >= 15 is 0 Å². The maximum atomic E-state index is 13.4. The first-order valence-corrected chi connectivity index (χ1v) is 6.24. The first kappa shape index (κ1) is 13.7. The number of hydrogen-bond donors (Lipinski definition) is 1. The van der Waals surface area contributed by atoms with Crippen molar-refractivity contribution in [3.63, 3.8) is 0 Å². The number of aliphatic imine (C=N–C) groups is 1. The van der Waals surface area contributed by atoms with Gasteiger partial charge >= 0.3 is 0 Å². The van der Waals surface area contributed by atoms with Crippen LogP contribution in [0, 0.1) is 11.6 Å². The third kappa shape index (κ3) is 3.64. The van der Waals surface area contributed by atoms with E-state index in [1.54, 1.807) is 0 Å². The second kappa shape index (κ2) is 6.47. The average molecular weight is 269 g/mol. The normalized spacial score (nSPS) is 16.7. The second-order valence-electron chi connectivity index (χ2n) is 4.29. The summed E-state index contributed by atoms with van der Waals surface area (Å²) in [6, 6.07) is 3.83. The number of rotatable bonds is 3. The van der Waals surface area contributed by atoms with E-state index in [4.69, 9.17) is 10.5 Å². The van der Waals surface area contributed by atoms with Gasteiger partial charge in [0.2, 0.25) is 0 Å². The Hall–Kier alpha value is -1.69. The van der Waals surface area contributed by atoms with E-state index < -0.39 is 11.6 Å². The van der Waals surface area contributed by atoms with Crippen molar-refractivity contribution in [2.45, 2.75) is 6.42 Å². The van der Waals surface area contributed by atoms with Gasteiger partial charge in [-0.2, -0.15) is 0 Å². The molecule has 1 aliphatic heterocycles. The van der Waals surface area contributed by atoms with Gasteiger partial charge in [0.25, 0.3) is 0 Å². The van der Waals surface area contributed by atoms with Crippen LogP contribution in [-0.2, 0) is 11.2 Å². The summed E-state index contributed by atoms with van der Waals surface area (Å²) in [7, 11) is 0. The minimum atomic E-state index is -0.542. The van der Waals surface area contributed by atoms with E-state index in [1.165, 1.54) is 18.2 Å². The topological polar surface area (TPSA) is 50.8 Å². The molecule has 0 atom stereocenters. The summed E-state index contributed by atoms with van der Waals surface area (Å²) >= 11 is 0. The summed E-state index contributed by atoms with van der Waals surface area (Å²) in [5, 5.41) is 0. The van der Waals surface area contributed by atoms with Crippen LogP contribution in [0.25, 0.3) is 0 Å². The van der Waals surface area contributed by atoms with Gasteiger partial charge in [0.05, 0.1) is 13.2 Å². The lowest BCUT2D eigenvalue weighted by atomic mass is 10.1. The van der Waals surface area contributed by atoms with Crippen LogP contribution in [0.3, 0.4) is 0 Å². The third-order valence-corrected chi connectivity index (χ3v) is 3.03. The fraction of sp³-hybridized carbons (Fsp3) is 0.462. The number of halogens is 2. The van der Waals surface area contributed by atoms with Crippen LogP contribution in [0.5, 0.6) is 0 Å². The number of ether oxygens (including phenoxy) is 1. The van der Waals surface area contributed by atoms with Gasteiger partial charge < -0.3 is 15.4 Å². The standard InChI is InChI=1S/C13H17F2N3O/c14-11-2-1-3-12(15)10(11)4-5-17-13(16)18-6-8-19-9-7-18/h1-3H,4-9H2,(H2,16,17). The Morgan fingerprint density at radius 2 is 1.89 bits per heavy atom. The number of benzene rings is 1. The first-order valence-electron chi connectivity index (χ1n) is 6.24. The molecule has 0 saturated carbocycles. The summed E-state index contributed by atoms with van der Waals surface area (Å²) < 4.78 is 32.0. The zero-order valence-electron chi connectivity index (χ0n) is 10.6. The summed E-state index contributed by atoms with van der Waals surface area (Å²) in [4.78, 5) is 6.06. The van der Waals surface area contributed by atoms with Crippen LogP contribution < -0.4 is 5.73 Å². The molecular weight excluding hydrogens is 252 g/mol. The van der Waals surface area contributed by atoms with Crippen LogP contribution in [-0.4, -0.2) is 43.7 Å². The molecule has 0 spiro atoms. The fourth-order valence-corrected chi connectivity index (χ4v) is 1.95. The molecule has 1 aliphatic rings. The van der Waals surface area contributed by atoms with Crippen molar-refractivity contribution in [3.05, 3.63) is 35.4 Å². The molecule has 0 bridgehead atoms. The van der Waals surface area contributed by atoms with E-state index in [1.807, 2.05) is 4.90 Å². The Bertz CT molecular complexity index is 439. The number of hydrogen-bond acceptors (Lipinski definition) is 2. The van der Waals surface area contributed by atoms with Crippen LogP contribution in [0.1, 0.15) is 5.56 Å². The van der Waals surface area contributed by atoms with Crippen molar-refractivity contribution in [1.82, 2.24) is 4.90 Å². The van der Waals surface area contributed by atoms with Gasteiger partial charge in [0.15, 0.2) is 5.96 Å². The summed E-state index contributed by atoms with van der Waals surface area (Å²) in [5.41, 5.74) is 5.88. The minimum absolute atomic E-state index is 0.0565. The molecule has 6 heteroatoms. The van der Waals surface area contributed by atoms with Gasteiger partial charge in [-0.1, -0.05) is 6.07 Å². The molecule has 1 fully saturated rings. The second-order valence-corrected chi connectivity index (χ2v) is 4.29. The molecule has 2 N–H and O–H groups in total. The highest BCUT2D eigenvalue weighted by Crippen LogP contribution is 2.12. The Morgan fingerprint density at radius 1 is 1.26 bits per heavy atom. The molecule has 1 aromatic carbocycles. The van der Waals surface area contributed by atoms with Crippen LogP contribution in [0.15, 0.2) is 23.2 Å². The Kier molecular flexibility index (Phi) is 4.68. The summed E-state index contributed by atoms with van der Waals surface area (Å²) in [6.45, 7) is 2.91. The Morgan fingerprint density at radius 3 is 2.53 bits per heavy atom. The molecule has 1 saturated heterocycles. The number of morpholine rings is 1. The van der Waals surface area contributed by atoms with Gasteiger partial charge in [-0.15, -0.1) is 0 Å². The Labute approximate surface area is 110 Å². The van der Waals surface area contributed by atoms with Crippen molar-refractivity contribution >= 4 is 5.96 Å². The zero-order chi connectivity index (χ0) is 13.7. The first-order chi connectivity index (χ1) is 9.18. The van der Waals surface area contributed by atoms with Crippen LogP contribution >= 0.6 is 0 Å². The van der Waals surface area contributed by atoms with E-state index in [9.17, 15) is 8.78 Å². The molecule has 0 aromatic heterocycles. The lowest BCUT2D eigenvalue weighted by molar-refractivity contribution is 0.0674. The molecular formula is C13H17F2N3O. The highest BCUT2D eigenvalue weighted by molar-refractivity contribution is 5.78. The van der Waals surface area contributed by atoms with E-state index in [-0.39, 0.29) is 18.5 Å². The molecule has 4 nitrogen and oxygen atoms in total. The molecule has 104 valence electrons. The fourth-order valence-electron chi connectivity index (χ4n) is 1.95. The molecule has 0 unspecified atom stereocenters. The third-order valence-electron chi connectivity index (χ3n) is 3.03.